The molecule has 0 aromatic heterocycles. The quantitative estimate of drug-likeness (QED) is 0.863. The molecule has 0 saturated heterocycles. The first-order valence-electron chi connectivity index (χ1n) is 6.87. The molecule has 0 atom stereocenters. The van der Waals surface area contributed by atoms with E-state index in [1.165, 1.54) is 5.56 Å². The Morgan fingerprint density at radius 1 is 1.50 bits per heavy atom. The highest BCUT2D eigenvalue weighted by molar-refractivity contribution is 9.10. The van der Waals surface area contributed by atoms with Crippen molar-refractivity contribution >= 4 is 21.9 Å². The van der Waals surface area contributed by atoms with E-state index in [0.29, 0.717) is 19.1 Å². The van der Waals surface area contributed by atoms with Crippen LogP contribution in [0.1, 0.15) is 31.4 Å². The molecule has 0 amide bonds. The predicted molar refractivity (Wildman–Crippen MR) is 81.1 cm³/mol. The van der Waals surface area contributed by atoms with Gasteiger partial charge in [-0.2, -0.15) is 0 Å². The number of hydrogen-bond donors (Lipinski definition) is 1. The molecule has 1 heterocycles. The molecule has 1 N–H and O–H groups in total. The summed E-state index contributed by atoms with van der Waals surface area (Å²) in [6, 6.07) is 4.47. The highest BCUT2D eigenvalue weighted by Crippen LogP contribution is 2.34. The average molecular weight is 342 g/mol. The Labute approximate surface area is 127 Å². The third kappa shape index (κ3) is 3.73. The molecule has 0 bridgehead atoms. The van der Waals surface area contributed by atoms with Gasteiger partial charge in [0.25, 0.3) is 0 Å². The number of carboxylic acid groups (broad SMARTS) is 1. The van der Waals surface area contributed by atoms with Crippen molar-refractivity contribution < 1.29 is 14.6 Å². The zero-order chi connectivity index (χ0) is 14.7. The first kappa shape index (κ1) is 15.3. The summed E-state index contributed by atoms with van der Waals surface area (Å²) in [4.78, 5) is 12.9. The number of carboxylic acids is 1. The van der Waals surface area contributed by atoms with E-state index in [4.69, 9.17) is 9.84 Å². The molecular formula is C15H20BrNO3. The van der Waals surface area contributed by atoms with Crippen LogP contribution in [0.15, 0.2) is 16.6 Å². The molecule has 2 rings (SSSR count). The molecule has 0 saturated carbocycles. The van der Waals surface area contributed by atoms with Crippen molar-refractivity contribution in [3.05, 3.63) is 27.7 Å². The van der Waals surface area contributed by atoms with E-state index >= 15 is 0 Å². The number of ether oxygens (including phenoxy) is 1. The van der Waals surface area contributed by atoms with Gasteiger partial charge in [0.2, 0.25) is 0 Å². The lowest BCUT2D eigenvalue weighted by molar-refractivity contribution is -0.137. The van der Waals surface area contributed by atoms with Crippen LogP contribution in [-0.4, -0.2) is 35.2 Å². The fourth-order valence-corrected chi connectivity index (χ4v) is 2.99. The van der Waals surface area contributed by atoms with Gasteiger partial charge in [-0.05, 0) is 31.5 Å². The number of rotatable bonds is 6. The van der Waals surface area contributed by atoms with Crippen molar-refractivity contribution in [2.45, 2.75) is 39.3 Å². The van der Waals surface area contributed by atoms with E-state index in [2.05, 4.69) is 46.8 Å². The molecule has 4 nitrogen and oxygen atoms in total. The number of benzene rings is 1. The highest BCUT2D eigenvalue weighted by atomic mass is 79.9. The predicted octanol–water partition coefficient (Wildman–Crippen LogP) is 3.07. The molecule has 20 heavy (non-hydrogen) atoms. The second-order valence-electron chi connectivity index (χ2n) is 5.36. The van der Waals surface area contributed by atoms with Crippen LogP contribution in [-0.2, 0) is 17.8 Å². The van der Waals surface area contributed by atoms with Gasteiger partial charge in [-0.15, -0.1) is 0 Å². The van der Waals surface area contributed by atoms with Gasteiger partial charge in [-0.25, -0.2) is 0 Å². The van der Waals surface area contributed by atoms with Gasteiger partial charge >= 0.3 is 5.97 Å². The van der Waals surface area contributed by atoms with Gasteiger partial charge in [0.05, 0.1) is 13.0 Å². The second kappa shape index (κ2) is 6.59. The van der Waals surface area contributed by atoms with Crippen molar-refractivity contribution in [1.29, 1.82) is 0 Å². The molecule has 110 valence electrons. The summed E-state index contributed by atoms with van der Waals surface area (Å²) in [5, 5.41) is 8.85. The topological polar surface area (TPSA) is 49.8 Å². The Hall–Kier alpha value is -1.07. The van der Waals surface area contributed by atoms with Gasteiger partial charge in [0.15, 0.2) is 0 Å². The average Bonchev–Trinajstić information content (AvgIpc) is 2.81. The summed E-state index contributed by atoms with van der Waals surface area (Å²) >= 11 is 3.54. The number of hydrogen-bond acceptors (Lipinski definition) is 3. The Balaban J connectivity index is 2.16. The van der Waals surface area contributed by atoms with Crippen LogP contribution >= 0.6 is 15.9 Å². The Morgan fingerprint density at radius 3 is 2.90 bits per heavy atom. The van der Waals surface area contributed by atoms with E-state index in [1.54, 1.807) is 0 Å². The number of fused-ring (bicyclic) bond motifs is 1. The third-order valence-corrected chi connectivity index (χ3v) is 4.00. The van der Waals surface area contributed by atoms with Crippen LogP contribution in [0.5, 0.6) is 5.75 Å². The third-order valence-electron chi connectivity index (χ3n) is 3.54. The standard InChI is InChI=1S/C15H20BrNO3/c1-10(2)17(5-3-14(18)19)9-12-8-13(16)7-11-4-6-20-15(11)12/h7-8,10H,3-6,9H2,1-2H3,(H,18,19). The Bertz CT molecular complexity index is 502. The van der Waals surface area contributed by atoms with Crippen molar-refractivity contribution in [3.8, 4) is 5.75 Å². The Morgan fingerprint density at radius 2 is 2.25 bits per heavy atom. The lowest BCUT2D eigenvalue weighted by Gasteiger charge is -2.26. The van der Waals surface area contributed by atoms with Crippen molar-refractivity contribution in [2.24, 2.45) is 0 Å². The first-order valence-corrected chi connectivity index (χ1v) is 7.66. The molecule has 1 aromatic carbocycles. The maximum absolute atomic E-state index is 10.8. The van der Waals surface area contributed by atoms with Crippen LogP contribution in [0.3, 0.4) is 0 Å². The monoisotopic (exact) mass is 341 g/mol. The molecule has 5 heteroatoms. The summed E-state index contributed by atoms with van der Waals surface area (Å²) in [7, 11) is 0. The lowest BCUT2D eigenvalue weighted by atomic mass is 10.1. The smallest absolute Gasteiger partial charge is 0.304 e. The van der Waals surface area contributed by atoms with Gasteiger partial charge in [0, 0.05) is 35.6 Å². The summed E-state index contributed by atoms with van der Waals surface area (Å²) in [6.07, 6.45) is 1.10. The minimum absolute atomic E-state index is 0.162. The molecule has 0 unspecified atom stereocenters. The fraction of sp³-hybridized carbons (Fsp3) is 0.533. The number of halogens is 1. The summed E-state index contributed by atoms with van der Waals surface area (Å²) in [6.45, 7) is 6.17. The maximum atomic E-state index is 10.8. The van der Waals surface area contributed by atoms with E-state index in [9.17, 15) is 4.79 Å². The van der Waals surface area contributed by atoms with E-state index in [1.807, 2.05) is 0 Å². The molecule has 0 radical (unpaired) electrons. The summed E-state index contributed by atoms with van der Waals surface area (Å²) < 4.78 is 6.78. The number of aliphatic carboxylic acids is 1. The number of carbonyl (C=O) groups is 1. The van der Waals surface area contributed by atoms with Crippen LogP contribution in [0, 0.1) is 0 Å². The molecule has 0 aliphatic carbocycles. The molecule has 1 aliphatic heterocycles. The van der Waals surface area contributed by atoms with Crippen LogP contribution < -0.4 is 4.74 Å². The van der Waals surface area contributed by atoms with Gasteiger partial charge < -0.3 is 9.84 Å². The van der Waals surface area contributed by atoms with Gasteiger partial charge in [-0.3, -0.25) is 9.69 Å². The van der Waals surface area contributed by atoms with Gasteiger partial charge in [-0.1, -0.05) is 15.9 Å². The molecule has 0 fully saturated rings. The summed E-state index contributed by atoms with van der Waals surface area (Å²) in [5.41, 5.74) is 2.36. The molecule has 1 aliphatic rings. The Kier molecular flexibility index (Phi) is 5.05. The zero-order valence-electron chi connectivity index (χ0n) is 11.9. The van der Waals surface area contributed by atoms with Crippen LogP contribution in [0.4, 0.5) is 0 Å². The number of nitrogens with zero attached hydrogens (tertiary/aromatic N) is 1. The van der Waals surface area contributed by atoms with Crippen molar-refractivity contribution in [3.63, 3.8) is 0 Å². The minimum atomic E-state index is -0.758. The van der Waals surface area contributed by atoms with Crippen LogP contribution in [0.25, 0.3) is 0 Å². The highest BCUT2D eigenvalue weighted by Gasteiger charge is 2.20. The van der Waals surface area contributed by atoms with E-state index in [-0.39, 0.29) is 6.42 Å². The van der Waals surface area contributed by atoms with Gasteiger partial charge in [0.1, 0.15) is 5.75 Å². The van der Waals surface area contributed by atoms with Crippen molar-refractivity contribution in [1.82, 2.24) is 4.90 Å². The second-order valence-corrected chi connectivity index (χ2v) is 6.28. The van der Waals surface area contributed by atoms with Crippen molar-refractivity contribution in [2.75, 3.05) is 13.2 Å². The molecule has 1 aromatic rings. The molecular weight excluding hydrogens is 322 g/mol. The molecule has 0 spiro atoms. The maximum Gasteiger partial charge on any atom is 0.304 e. The zero-order valence-corrected chi connectivity index (χ0v) is 13.4. The SMILES string of the molecule is CC(C)N(CCC(=O)O)Cc1cc(Br)cc2c1OCC2. The van der Waals surface area contributed by atoms with Crippen LogP contribution in [0.2, 0.25) is 0 Å². The summed E-state index contributed by atoms with van der Waals surface area (Å²) in [5.74, 6) is 0.223. The van der Waals surface area contributed by atoms with E-state index < -0.39 is 5.97 Å². The minimum Gasteiger partial charge on any atom is -0.493 e. The fourth-order valence-electron chi connectivity index (χ4n) is 2.44. The normalized spacial score (nSPS) is 13.7. The first-order chi connectivity index (χ1) is 9.47. The van der Waals surface area contributed by atoms with E-state index in [0.717, 1.165) is 28.8 Å². The largest absolute Gasteiger partial charge is 0.493 e. The lowest BCUT2D eigenvalue weighted by Crippen LogP contribution is -2.32.